The van der Waals surface area contributed by atoms with Crippen LogP contribution in [0.5, 0.6) is 5.75 Å². The highest BCUT2D eigenvalue weighted by Crippen LogP contribution is 2.39. The first kappa shape index (κ1) is 18.7. The Labute approximate surface area is 155 Å². The highest BCUT2D eigenvalue weighted by Gasteiger charge is 2.41. The number of ether oxygens (including phenoxy) is 1. The zero-order valence-corrected chi connectivity index (χ0v) is 15.7. The van der Waals surface area contributed by atoms with Gasteiger partial charge in [-0.1, -0.05) is 12.1 Å². The van der Waals surface area contributed by atoms with Crippen LogP contribution in [-0.2, 0) is 16.0 Å². The third-order valence-electron chi connectivity index (χ3n) is 5.94. The van der Waals surface area contributed by atoms with E-state index in [0.717, 1.165) is 50.2 Å². The fourth-order valence-electron chi connectivity index (χ4n) is 4.18. The Morgan fingerprint density at radius 1 is 1.23 bits per heavy atom. The summed E-state index contributed by atoms with van der Waals surface area (Å²) in [6.07, 6.45) is 4.00. The molecule has 3 rings (SSSR count). The summed E-state index contributed by atoms with van der Waals surface area (Å²) in [5.41, 5.74) is 7.40. The van der Waals surface area contributed by atoms with Crippen molar-refractivity contribution in [3.8, 4) is 5.75 Å². The van der Waals surface area contributed by atoms with Crippen LogP contribution in [0.25, 0.3) is 0 Å². The van der Waals surface area contributed by atoms with Gasteiger partial charge in [0.05, 0.1) is 13.2 Å². The van der Waals surface area contributed by atoms with Crippen molar-refractivity contribution in [1.82, 2.24) is 9.80 Å². The van der Waals surface area contributed by atoms with E-state index in [1.54, 1.807) is 7.11 Å². The minimum atomic E-state index is -0.520. The Morgan fingerprint density at radius 3 is 2.46 bits per heavy atom. The van der Waals surface area contributed by atoms with Crippen molar-refractivity contribution in [2.45, 2.75) is 38.1 Å². The molecular weight excluding hydrogens is 330 g/mol. The first-order valence-corrected chi connectivity index (χ1v) is 9.34. The van der Waals surface area contributed by atoms with E-state index in [1.165, 1.54) is 0 Å². The van der Waals surface area contributed by atoms with E-state index >= 15 is 0 Å². The molecule has 2 aliphatic rings. The predicted molar refractivity (Wildman–Crippen MR) is 99.8 cm³/mol. The van der Waals surface area contributed by atoms with E-state index in [1.807, 2.05) is 41.1 Å². The van der Waals surface area contributed by atoms with Gasteiger partial charge in [-0.05, 0) is 48.8 Å². The van der Waals surface area contributed by atoms with Crippen molar-refractivity contribution in [3.63, 3.8) is 0 Å². The number of likely N-dealkylation sites (tertiary alicyclic amines) is 2. The first-order chi connectivity index (χ1) is 12.4. The average molecular weight is 359 g/mol. The number of piperidine rings is 2. The summed E-state index contributed by atoms with van der Waals surface area (Å²) < 4.78 is 5.15. The lowest BCUT2D eigenvalue weighted by atomic mass is 9.72. The highest BCUT2D eigenvalue weighted by atomic mass is 16.5. The predicted octanol–water partition coefficient (Wildman–Crippen LogP) is 1.43. The molecule has 0 aromatic heterocycles. The Hall–Kier alpha value is -2.08. The maximum absolute atomic E-state index is 12.7. The summed E-state index contributed by atoms with van der Waals surface area (Å²) in [4.78, 5) is 28.2. The molecule has 1 spiro atoms. The molecule has 2 aliphatic heterocycles. The van der Waals surface area contributed by atoms with Crippen molar-refractivity contribution < 1.29 is 14.3 Å². The molecule has 1 aromatic rings. The van der Waals surface area contributed by atoms with E-state index in [2.05, 4.69) is 0 Å². The van der Waals surface area contributed by atoms with Gasteiger partial charge in [0, 0.05) is 33.1 Å². The van der Waals surface area contributed by atoms with Crippen LogP contribution < -0.4 is 10.5 Å². The van der Waals surface area contributed by atoms with Gasteiger partial charge in [-0.25, -0.2) is 0 Å². The largest absolute Gasteiger partial charge is 0.497 e. The minimum absolute atomic E-state index is 0.0240. The van der Waals surface area contributed by atoms with Gasteiger partial charge in [0.25, 0.3) is 0 Å². The van der Waals surface area contributed by atoms with Gasteiger partial charge in [0.15, 0.2) is 0 Å². The molecule has 0 radical (unpaired) electrons. The normalized spacial score (nSPS) is 21.0. The van der Waals surface area contributed by atoms with Crippen LogP contribution in [0.4, 0.5) is 0 Å². The molecule has 0 saturated carbocycles. The third-order valence-corrected chi connectivity index (χ3v) is 5.94. The Balaban J connectivity index is 1.53. The lowest BCUT2D eigenvalue weighted by Crippen LogP contribution is -2.54. The van der Waals surface area contributed by atoms with Crippen LogP contribution in [0.2, 0.25) is 0 Å². The molecule has 2 saturated heterocycles. The van der Waals surface area contributed by atoms with Crippen LogP contribution in [0.3, 0.4) is 0 Å². The van der Waals surface area contributed by atoms with Crippen LogP contribution in [-0.4, -0.2) is 61.4 Å². The van der Waals surface area contributed by atoms with Gasteiger partial charge >= 0.3 is 0 Å². The number of nitrogens with zero attached hydrogens (tertiary/aromatic N) is 2. The van der Waals surface area contributed by atoms with Crippen molar-refractivity contribution in [1.29, 1.82) is 0 Å². The molecule has 26 heavy (non-hydrogen) atoms. The molecule has 6 heteroatoms. The fourth-order valence-corrected chi connectivity index (χ4v) is 4.18. The SMILES string of the molecule is COc1ccc(C[C@H](N)C(=O)N2CCC3(CCC(=O)N(C)C3)CC2)cc1. The first-order valence-electron chi connectivity index (χ1n) is 9.34. The molecule has 2 fully saturated rings. The van der Waals surface area contributed by atoms with Gasteiger partial charge in [0.1, 0.15) is 5.75 Å². The maximum atomic E-state index is 12.7. The zero-order valence-electron chi connectivity index (χ0n) is 15.7. The molecule has 142 valence electrons. The second-order valence-electron chi connectivity index (χ2n) is 7.73. The summed E-state index contributed by atoms with van der Waals surface area (Å²) in [6, 6.07) is 7.15. The molecule has 1 aromatic carbocycles. The number of amides is 2. The quantitative estimate of drug-likeness (QED) is 0.882. The molecule has 2 heterocycles. The van der Waals surface area contributed by atoms with Crippen molar-refractivity contribution in [2.24, 2.45) is 11.1 Å². The molecule has 6 nitrogen and oxygen atoms in total. The average Bonchev–Trinajstić information content (AvgIpc) is 2.66. The number of hydrogen-bond acceptors (Lipinski definition) is 4. The number of benzene rings is 1. The van der Waals surface area contributed by atoms with E-state index in [9.17, 15) is 9.59 Å². The van der Waals surface area contributed by atoms with Crippen LogP contribution in [0.1, 0.15) is 31.2 Å². The topological polar surface area (TPSA) is 75.9 Å². The molecule has 0 bridgehead atoms. The summed E-state index contributed by atoms with van der Waals surface area (Å²) in [7, 11) is 3.51. The summed E-state index contributed by atoms with van der Waals surface area (Å²) in [5, 5.41) is 0. The van der Waals surface area contributed by atoms with E-state index in [-0.39, 0.29) is 17.2 Å². The van der Waals surface area contributed by atoms with E-state index < -0.39 is 6.04 Å². The van der Waals surface area contributed by atoms with Gasteiger partial charge in [-0.15, -0.1) is 0 Å². The zero-order chi connectivity index (χ0) is 18.7. The molecule has 0 aliphatic carbocycles. The van der Waals surface area contributed by atoms with E-state index in [4.69, 9.17) is 10.5 Å². The molecule has 0 unspecified atom stereocenters. The highest BCUT2D eigenvalue weighted by molar-refractivity contribution is 5.82. The molecule has 2 amide bonds. The van der Waals surface area contributed by atoms with Crippen molar-refractivity contribution in [2.75, 3.05) is 33.8 Å². The Morgan fingerprint density at radius 2 is 1.88 bits per heavy atom. The van der Waals surface area contributed by atoms with Crippen LogP contribution >= 0.6 is 0 Å². The molecule has 1 atom stereocenters. The Bertz CT molecular complexity index is 651. The van der Waals surface area contributed by atoms with Gasteiger partial charge in [-0.2, -0.15) is 0 Å². The number of carbonyl (C=O) groups excluding carboxylic acids is 2. The number of nitrogens with two attached hydrogens (primary N) is 1. The minimum Gasteiger partial charge on any atom is -0.497 e. The monoisotopic (exact) mass is 359 g/mol. The van der Waals surface area contributed by atoms with Gasteiger partial charge in [-0.3, -0.25) is 9.59 Å². The summed E-state index contributed by atoms with van der Waals surface area (Å²) in [6.45, 7) is 2.28. The standard InChI is InChI=1S/C20H29N3O3/c1-22-14-20(8-7-18(22)24)9-11-23(12-10-20)19(25)17(21)13-15-3-5-16(26-2)6-4-15/h3-6,17H,7-14,21H2,1-2H3/t17-/m0/s1. The fraction of sp³-hybridized carbons (Fsp3) is 0.600. The second-order valence-corrected chi connectivity index (χ2v) is 7.73. The van der Waals surface area contributed by atoms with Crippen molar-refractivity contribution >= 4 is 11.8 Å². The smallest absolute Gasteiger partial charge is 0.239 e. The second kappa shape index (κ2) is 7.66. The molecular formula is C20H29N3O3. The number of rotatable bonds is 4. The number of carbonyl (C=O) groups is 2. The Kier molecular flexibility index (Phi) is 5.51. The lowest BCUT2D eigenvalue weighted by Gasteiger charge is -2.46. The summed E-state index contributed by atoms with van der Waals surface area (Å²) >= 11 is 0. The van der Waals surface area contributed by atoms with Gasteiger partial charge in [0.2, 0.25) is 11.8 Å². The van der Waals surface area contributed by atoms with E-state index in [0.29, 0.717) is 12.8 Å². The van der Waals surface area contributed by atoms with Crippen LogP contribution in [0.15, 0.2) is 24.3 Å². The number of methoxy groups -OCH3 is 1. The van der Waals surface area contributed by atoms with Crippen molar-refractivity contribution in [3.05, 3.63) is 29.8 Å². The molecule has 2 N–H and O–H groups in total. The summed E-state index contributed by atoms with van der Waals surface area (Å²) in [5.74, 6) is 1.05. The maximum Gasteiger partial charge on any atom is 0.239 e. The third kappa shape index (κ3) is 4.01. The van der Waals surface area contributed by atoms with Crippen LogP contribution in [0, 0.1) is 5.41 Å². The number of hydrogen-bond donors (Lipinski definition) is 1. The van der Waals surface area contributed by atoms with Gasteiger partial charge < -0.3 is 20.3 Å². The lowest BCUT2D eigenvalue weighted by molar-refractivity contribution is -0.141.